The summed E-state index contributed by atoms with van der Waals surface area (Å²) in [5.41, 5.74) is 7.94. The lowest BCUT2D eigenvalue weighted by Crippen LogP contribution is -2.32. The van der Waals surface area contributed by atoms with Crippen molar-refractivity contribution in [2.75, 3.05) is 6.54 Å². The molecular weight excluding hydrogens is 210 g/mol. The van der Waals surface area contributed by atoms with E-state index < -0.39 is 0 Å². The summed E-state index contributed by atoms with van der Waals surface area (Å²) in [4.78, 5) is 6.79. The van der Waals surface area contributed by atoms with Crippen molar-refractivity contribution in [1.29, 1.82) is 0 Å². The Hall–Kier alpha value is -0.930. The van der Waals surface area contributed by atoms with Crippen LogP contribution in [0.15, 0.2) is 18.3 Å². The molecular formula is C14H23N3. The normalized spacial score (nSPS) is 15.8. The van der Waals surface area contributed by atoms with Gasteiger partial charge in [0.25, 0.3) is 0 Å². The summed E-state index contributed by atoms with van der Waals surface area (Å²) in [5, 5.41) is 0. The van der Waals surface area contributed by atoms with Gasteiger partial charge in [0.05, 0.1) is 5.69 Å². The van der Waals surface area contributed by atoms with Gasteiger partial charge in [-0.05, 0) is 50.3 Å². The highest BCUT2D eigenvalue weighted by molar-refractivity contribution is 5.16. The van der Waals surface area contributed by atoms with Crippen LogP contribution in [0.25, 0.3) is 0 Å². The highest BCUT2D eigenvalue weighted by atomic mass is 15.1. The van der Waals surface area contributed by atoms with Crippen molar-refractivity contribution >= 4 is 0 Å². The minimum absolute atomic E-state index is 0.526. The second-order valence-electron chi connectivity index (χ2n) is 5.33. The van der Waals surface area contributed by atoms with E-state index >= 15 is 0 Å². The highest BCUT2D eigenvalue weighted by Crippen LogP contribution is 2.30. The maximum absolute atomic E-state index is 5.62. The standard InChI is InChI=1S/C14H23N3/c1-11(2)17(9-12-3-4-12)10-13-5-6-16-14(7-13)8-15/h5-7,11-12H,3-4,8-10,15H2,1-2H3. The fraction of sp³-hybridized carbons (Fsp3) is 0.643. The molecule has 3 nitrogen and oxygen atoms in total. The summed E-state index contributed by atoms with van der Waals surface area (Å²) in [5.74, 6) is 0.938. The molecule has 1 aromatic heterocycles. The average molecular weight is 233 g/mol. The smallest absolute Gasteiger partial charge is 0.0542 e. The van der Waals surface area contributed by atoms with Gasteiger partial charge in [-0.15, -0.1) is 0 Å². The summed E-state index contributed by atoms with van der Waals surface area (Å²) < 4.78 is 0. The predicted octanol–water partition coefficient (Wildman–Crippen LogP) is 2.16. The van der Waals surface area contributed by atoms with E-state index in [1.807, 2.05) is 6.20 Å². The van der Waals surface area contributed by atoms with Gasteiger partial charge in [0.15, 0.2) is 0 Å². The molecule has 0 spiro atoms. The molecule has 0 bridgehead atoms. The second-order valence-corrected chi connectivity index (χ2v) is 5.33. The van der Waals surface area contributed by atoms with Crippen LogP contribution in [-0.4, -0.2) is 22.5 Å². The molecule has 17 heavy (non-hydrogen) atoms. The molecule has 1 aliphatic carbocycles. The van der Waals surface area contributed by atoms with E-state index in [0.29, 0.717) is 12.6 Å². The molecule has 1 fully saturated rings. The van der Waals surface area contributed by atoms with Crippen LogP contribution in [-0.2, 0) is 13.1 Å². The number of aromatic nitrogens is 1. The van der Waals surface area contributed by atoms with Gasteiger partial charge in [0.1, 0.15) is 0 Å². The van der Waals surface area contributed by atoms with Gasteiger partial charge in [0, 0.05) is 31.9 Å². The maximum Gasteiger partial charge on any atom is 0.0542 e. The lowest BCUT2D eigenvalue weighted by atomic mass is 10.2. The summed E-state index contributed by atoms with van der Waals surface area (Å²) >= 11 is 0. The molecule has 1 saturated carbocycles. The third kappa shape index (κ3) is 3.79. The zero-order valence-electron chi connectivity index (χ0n) is 10.9. The minimum atomic E-state index is 0.526. The second kappa shape index (κ2) is 5.61. The van der Waals surface area contributed by atoms with Crippen LogP contribution in [0.4, 0.5) is 0 Å². The van der Waals surface area contributed by atoms with Crippen LogP contribution >= 0.6 is 0 Å². The Labute approximate surface area is 104 Å². The van der Waals surface area contributed by atoms with E-state index in [2.05, 4.69) is 35.9 Å². The molecule has 0 radical (unpaired) electrons. The first-order valence-electron chi connectivity index (χ1n) is 6.57. The molecule has 0 aliphatic heterocycles. The molecule has 0 aromatic carbocycles. The van der Waals surface area contributed by atoms with Crippen LogP contribution in [0.1, 0.15) is 37.9 Å². The van der Waals surface area contributed by atoms with Crippen LogP contribution < -0.4 is 5.73 Å². The Kier molecular flexibility index (Phi) is 4.13. The monoisotopic (exact) mass is 233 g/mol. The quantitative estimate of drug-likeness (QED) is 0.818. The van der Waals surface area contributed by atoms with E-state index in [0.717, 1.165) is 18.2 Å². The van der Waals surface area contributed by atoms with Crippen molar-refractivity contribution < 1.29 is 0 Å². The van der Waals surface area contributed by atoms with Crippen molar-refractivity contribution in [2.24, 2.45) is 11.7 Å². The molecule has 94 valence electrons. The summed E-state index contributed by atoms with van der Waals surface area (Å²) in [7, 11) is 0. The third-order valence-corrected chi connectivity index (χ3v) is 3.40. The topological polar surface area (TPSA) is 42.2 Å². The van der Waals surface area contributed by atoms with Gasteiger partial charge in [-0.2, -0.15) is 0 Å². The van der Waals surface area contributed by atoms with Crippen molar-refractivity contribution in [3.8, 4) is 0 Å². The lowest BCUT2D eigenvalue weighted by Gasteiger charge is -2.26. The van der Waals surface area contributed by atoms with Gasteiger partial charge in [0.2, 0.25) is 0 Å². The zero-order valence-corrected chi connectivity index (χ0v) is 10.9. The third-order valence-electron chi connectivity index (χ3n) is 3.40. The Morgan fingerprint density at radius 2 is 2.24 bits per heavy atom. The number of nitrogens with zero attached hydrogens (tertiary/aromatic N) is 2. The van der Waals surface area contributed by atoms with Gasteiger partial charge in [-0.25, -0.2) is 0 Å². The molecule has 3 heteroatoms. The van der Waals surface area contributed by atoms with Crippen molar-refractivity contribution in [2.45, 2.75) is 45.8 Å². The number of rotatable bonds is 6. The highest BCUT2D eigenvalue weighted by Gasteiger charge is 2.25. The Morgan fingerprint density at radius 3 is 2.82 bits per heavy atom. The SMILES string of the molecule is CC(C)N(Cc1ccnc(CN)c1)CC1CC1. The first-order valence-corrected chi connectivity index (χ1v) is 6.57. The molecule has 0 atom stereocenters. The molecule has 1 heterocycles. The number of pyridine rings is 1. The van der Waals surface area contributed by atoms with Gasteiger partial charge < -0.3 is 5.73 Å². The zero-order chi connectivity index (χ0) is 12.3. The number of nitrogens with two attached hydrogens (primary N) is 1. The first kappa shape index (κ1) is 12.5. The van der Waals surface area contributed by atoms with Gasteiger partial charge >= 0.3 is 0 Å². The van der Waals surface area contributed by atoms with Gasteiger partial charge in [-0.3, -0.25) is 9.88 Å². The molecule has 1 aromatic rings. The maximum atomic E-state index is 5.62. The Bertz CT molecular complexity index is 358. The van der Waals surface area contributed by atoms with E-state index in [4.69, 9.17) is 5.73 Å². The summed E-state index contributed by atoms with van der Waals surface area (Å²) in [6.07, 6.45) is 4.69. The Morgan fingerprint density at radius 1 is 1.47 bits per heavy atom. The summed E-state index contributed by atoms with van der Waals surface area (Å²) in [6.45, 7) is 7.32. The fourth-order valence-corrected chi connectivity index (χ4v) is 2.06. The summed E-state index contributed by atoms with van der Waals surface area (Å²) in [6, 6.07) is 4.83. The molecule has 0 saturated heterocycles. The van der Waals surface area contributed by atoms with Crippen molar-refractivity contribution in [3.05, 3.63) is 29.6 Å². The van der Waals surface area contributed by atoms with Crippen LogP contribution in [0, 0.1) is 5.92 Å². The largest absolute Gasteiger partial charge is 0.325 e. The number of hydrogen-bond donors (Lipinski definition) is 1. The molecule has 2 rings (SSSR count). The molecule has 0 unspecified atom stereocenters. The predicted molar refractivity (Wildman–Crippen MR) is 70.4 cm³/mol. The first-order chi connectivity index (χ1) is 8.19. The molecule has 2 N–H and O–H groups in total. The van der Waals surface area contributed by atoms with Gasteiger partial charge in [-0.1, -0.05) is 0 Å². The lowest BCUT2D eigenvalue weighted by molar-refractivity contribution is 0.203. The molecule has 0 amide bonds. The van der Waals surface area contributed by atoms with E-state index in [1.165, 1.54) is 24.9 Å². The van der Waals surface area contributed by atoms with Crippen LogP contribution in [0.5, 0.6) is 0 Å². The van der Waals surface area contributed by atoms with Crippen molar-refractivity contribution in [3.63, 3.8) is 0 Å². The fourth-order valence-electron chi connectivity index (χ4n) is 2.06. The van der Waals surface area contributed by atoms with E-state index in [9.17, 15) is 0 Å². The molecule has 1 aliphatic rings. The average Bonchev–Trinajstić information content (AvgIpc) is 3.12. The minimum Gasteiger partial charge on any atom is -0.325 e. The van der Waals surface area contributed by atoms with Crippen molar-refractivity contribution in [1.82, 2.24) is 9.88 Å². The Balaban J connectivity index is 1.99. The van der Waals surface area contributed by atoms with E-state index in [-0.39, 0.29) is 0 Å². The number of hydrogen-bond acceptors (Lipinski definition) is 3. The van der Waals surface area contributed by atoms with E-state index in [1.54, 1.807) is 0 Å². The van der Waals surface area contributed by atoms with Crippen LogP contribution in [0.2, 0.25) is 0 Å². The van der Waals surface area contributed by atoms with Crippen LogP contribution in [0.3, 0.4) is 0 Å².